The number of pyridine rings is 1. The van der Waals surface area contributed by atoms with E-state index in [1.807, 2.05) is 67.6 Å². The quantitative estimate of drug-likeness (QED) is 0.310. The smallest absolute Gasteiger partial charge is 0.267 e. The van der Waals surface area contributed by atoms with Crippen LogP contribution in [0.4, 0.5) is 0 Å². The van der Waals surface area contributed by atoms with E-state index in [-0.39, 0.29) is 5.91 Å². The minimum atomic E-state index is -0.127. The zero-order valence-corrected chi connectivity index (χ0v) is 17.7. The minimum Gasteiger partial charge on any atom is -0.467 e. The molecule has 0 radical (unpaired) electrons. The molecule has 0 saturated carbocycles. The number of furan rings is 1. The highest BCUT2D eigenvalue weighted by atomic mass is 32.2. The van der Waals surface area contributed by atoms with Gasteiger partial charge in [-0.05, 0) is 54.1 Å². The van der Waals surface area contributed by atoms with Crippen LogP contribution in [0.2, 0.25) is 0 Å². The molecule has 1 fully saturated rings. The Balaban J connectivity index is 1.59. The fourth-order valence-corrected chi connectivity index (χ4v) is 3.92. The Morgan fingerprint density at radius 2 is 1.97 bits per heavy atom. The number of rotatable bonds is 6. The number of amides is 1. The number of aromatic nitrogens is 1. The van der Waals surface area contributed by atoms with Gasteiger partial charge in [0.25, 0.3) is 5.91 Å². The van der Waals surface area contributed by atoms with Crippen molar-refractivity contribution >= 4 is 35.1 Å². The SMILES string of the molecule is CC(/C=C1\S/C(=N\N=C\c2cccnc2)N(Cc2ccco2)C1=O)=C\c1ccccc1. The van der Waals surface area contributed by atoms with Crippen LogP contribution in [0, 0.1) is 0 Å². The van der Waals surface area contributed by atoms with Crippen LogP contribution >= 0.6 is 11.8 Å². The summed E-state index contributed by atoms with van der Waals surface area (Å²) in [6, 6.07) is 17.3. The number of amidine groups is 1. The fourth-order valence-electron chi connectivity index (χ4n) is 2.94. The maximum absolute atomic E-state index is 13.1. The number of allylic oxidation sites excluding steroid dienone is 2. The van der Waals surface area contributed by atoms with Crippen LogP contribution in [0.25, 0.3) is 6.08 Å². The third-order valence-electron chi connectivity index (χ3n) is 4.37. The molecule has 4 rings (SSSR count). The Labute approximate surface area is 184 Å². The van der Waals surface area contributed by atoms with Crippen LogP contribution in [0.3, 0.4) is 0 Å². The van der Waals surface area contributed by atoms with Crippen LogP contribution in [0.5, 0.6) is 0 Å². The molecule has 0 atom stereocenters. The summed E-state index contributed by atoms with van der Waals surface area (Å²) in [5.41, 5.74) is 2.88. The topological polar surface area (TPSA) is 71.1 Å². The largest absolute Gasteiger partial charge is 0.467 e. The summed E-state index contributed by atoms with van der Waals surface area (Å²) in [6.07, 6.45) is 10.5. The third kappa shape index (κ3) is 5.46. The Hall–Kier alpha value is -3.71. The number of carbonyl (C=O) groups is 1. The van der Waals surface area contributed by atoms with Crippen LogP contribution < -0.4 is 0 Å². The normalized spacial score (nSPS) is 17.4. The average Bonchev–Trinajstić information content (AvgIpc) is 3.40. The molecule has 31 heavy (non-hydrogen) atoms. The lowest BCUT2D eigenvalue weighted by atomic mass is 10.1. The van der Waals surface area contributed by atoms with Crippen LogP contribution in [0.1, 0.15) is 23.8 Å². The first kappa shape index (κ1) is 20.6. The van der Waals surface area contributed by atoms with E-state index in [0.29, 0.717) is 22.4 Å². The maximum Gasteiger partial charge on any atom is 0.267 e. The van der Waals surface area contributed by atoms with E-state index in [4.69, 9.17) is 4.42 Å². The summed E-state index contributed by atoms with van der Waals surface area (Å²) in [7, 11) is 0. The summed E-state index contributed by atoms with van der Waals surface area (Å²) in [4.78, 5) is 19.3. The van der Waals surface area contributed by atoms with Gasteiger partial charge >= 0.3 is 0 Å². The van der Waals surface area contributed by atoms with E-state index < -0.39 is 0 Å². The lowest BCUT2D eigenvalue weighted by Crippen LogP contribution is -2.28. The number of hydrogen-bond acceptors (Lipinski definition) is 6. The highest BCUT2D eigenvalue weighted by molar-refractivity contribution is 8.18. The van der Waals surface area contributed by atoms with E-state index in [9.17, 15) is 4.79 Å². The van der Waals surface area contributed by atoms with E-state index >= 15 is 0 Å². The van der Waals surface area contributed by atoms with Gasteiger partial charge in [-0.1, -0.05) is 42.5 Å². The maximum atomic E-state index is 13.1. The van der Waals surface area contributed by atoms with Crippen molar-refractivity contribution in [3.8, 4) is 0 Å². The Morgan fingerprint density at radius 3 is 2.71 bits per heavy atom. The van der Waals surface area contributed by atoms with Gasteiger partial charge in [0.15, 0.2) is 5.17 Å². The molecule has 0 unspecified atom stereocenters. The van der Waals surface area contributed by atoms with Crippen molar-refractivity contribution < 1.29 is 9.21 Å². The lowest BCUT2D eigenvalue weighted by molar-refractivity contribution is -0.122. The zero-order chi connectivity index (χ0) is 21.5. The molecule has 6 nitrogen and oxygen atoms in total. The van der Waals surface area contributed by atoms with E-state index in [1.54, 1.807) is 35.8 Å². The van der Waals surface area contributed by atoms with Crippen molar-refractivity contribution in [2.45, 2.75) is 13.5 Å². The molecule has 1 aromatic carbocycles. The minimum absolute atomic E-state index is 0.127. The van der Waals surface area contributed by atoms with Crippen molar-refractivity contribution in [3.05, 3.63) is 107 Å². The van der Waals surface area contributed by atoms with Gasteiger partial charge in [-0.3, -0.25) is 14.7 Å². The molecule has 7 heteroatoms. The number of benzene rings is 1. The molecule has 154 valence electrons. The van der Waals surface area contributed by atoms with Crippen molar-refractivity contribution in [1.29, 1.82) is 0 Å². The van der Waals surface area contributed by atoms with Gasteiger partial charge in [0, 0.05) is 18.0 Å². The second-order valence-electron chi connectivity index (χ2n) is 6.79. The van der Waals surface area contributed by atoms with Gasteiger partial charge < -0.3 is 4.42 Å². The van der Waals surface area contributed by atoms with Gasteiger partial charge in [0.2, 0.25) is 0 Å². The molecule has 3 heterocycles. The molecule has 0 bridgehead atoms. The van der Waals surface area contributed by atoms with Crippen molar-refractivity contribution in [2.24, 2.45) is 10.2 Å². The zero-order valence-electron chi connectivity index (χ0n) is 16.9. The molecular formula is C24H20N4O2S. The van der Waals surface area contributed by atoms with Crippen LogP contribution in [-0.2, 0) is 11.3 Å². The molecular weight excluding hydrogens is 408 g/mol. The highest BCUT2D eigenvalue weighted by Crippen LogP contribution is 2.33. The van der Waals surface area contributed by atoms with Crippen LogP contribution in [0.15, 0.2) is 104 Å². The van der Waals surface area contributed by atoms with Gasteiger partial charge in [0.1, 0.15) is 5.76 Å². The summed E-state index contributed by atoms with van der Waals surface area (Å²) in [6.45, 7) is 2.26. The van der Waals surface area contributed by atoms with Crippen molar-refractivity contribution in [1.82, 2.24) is 9.88 Å². The molecule has 1 aliphatic rings. The predicted molar refractivity (Wildman–Crippen MR) is 124 cm³/mol. The monoisotopic (exact) mass is 428 g/mol. The van der Waals surface area contributed by atoms with Crippen molar-refractivity contribution in [3.63, 3.8) is 0 Å². The van der Waals surface area contributed by atoms with E-state index in [2.05, 4.69) is 15.2 Å². The lowest BCUT2D eigenvalue weighted by Gasteiger charge is -2.12. The fraction of sp³-hybridized carbons (Fsp3) is 0.0833. The number of thioether (sulfide) groups is 1. The highest BCUT2D eigenvalue weighted by Gasteiger charge is 2.34. The van der Waals surface area contributed by atoms with Gasteiger partial charge in [0.05, 0.1) is 23.9 Å². The molecule has 3 aromatic rings. The summed E-state index contributed by atoms with van der Waals surface area (Å²) >= 11 is 1.30. The number of carbonyl (C=O) groups excluding carboxylic acids is 1. The molecule has 1 aliphatic heterocycles. The van der Waals surface area contributed by atoms with Gasteiger partial charge in [-0.2, -0.15) is 5.10 Å². The molecule has 0 spiro atoms. The molecule has 1 amide bonds. The van der Waals surface area contributed by atoms with E-state index in [1.165, 1.54) is 11.8 Å². The summed E-state index contributed by atoms with van der Waals surface area (Å²) < 4.78 is 5.43. The second-order valence-corrected chi connectivity index (χ2v) is 7.80. The van der Waals surface area contributed by atoms with Gasteiger partial charge in [-0.15, -0.1) is 5.10 Å². The summed E-state index contributed by atoms with van der Waals surface area (Å²) in [5.74, 6) is 0.549. The first-order chi connectivity index (χ1) is 15.2. The average molecular weight is 429 g/mol. The molecule has 0 N–H and O–H groups in total. The molecule has 1 saturated heterocycles. The Morgan fingerprint density at radius 1 is 1.13 bits per heavy atom. The molecule has 2 aromatic heterocycles. The second kappa shape index (κ2) is 9.86. The number of nitrogens with zero attached hydrogens (tertiary/aromatic N) is 4. The first-order valence-corrected chi connectivity index (χ1v) is 10.5. The Bertz CT molecular complexity index is 1150. The Kier molecular flexibility index (Phi) is 6.54. The first-order valence-electron chi connectivity index (χ1n) is 9.67. The number of hydrogen-bond donors (Lipinski definition) is 0. The van der Waals surface area contributed by atoms with Gasteiger partial charge in [-0.25, -0.2) is 0 Å². The molecule has 0 aliphatic carbocycles. The summed E-state index contributed by atoms with van der Waals surface area (Å²) in [5, 5.41) is 8.95. The predicted octanol–water partition coefficient (Wildman–Crippen LogP) is 5.13. The third-order valence-corrected chi connectivity index (χ3v) is 5.37. The van der Waals surface area contributed by atoms with Crippen molar-refractivity contribution in [2.75, 3.05) is 0 Å². The van der Waals surface area contributed by atoms with E-state index in [0.717, 1.165) is 16.7 Å². The standard InChI is InChI=1S/C24H20N4O2S/c1-18(13-19-7-3-2-4-8-19)14-22-23(29)28(17-21-10-6-12-30-21)24(31-22)27-26-16-20-9-5-11-25-15-20/h2-16H,17H2,1H3/b18-13+,22-14-,26-16+,27-24-. The van der Waals surface area contributed by atoms with Crippen LogP contribution in [-0.4, -0.2) is 27.2 Å².